The molecule has 0 aliphatic carbocycles. The Balaban J connectivity index is 1.73. The van der Waals surface area contributed by atoms with Gasteiger partial charge in [0.25, 0.3) is 0 Å². The second-order valence-electron chi connectivity index (χ2n) is 8.58. The predicted octanol–water partition coefficient (Wildman–Crippen LogP) is 5.63. The summed E-state index contributed by atoms with van der Waals surface area (Å²) in [6.07, 6.45) is 0. The van der Waals surface area contributed by atoms with Gasteiger partial charge in [-0.2, -0.15) is 0 Å². The Bertz CT molecular complexity index is 1690. The van der Waals surface area contributed by atoms with Crippen LogP contribution < -0.4 is 4.90 Å². The van der Waals surface area contributed by atoms with Crippen molar-refractivity contribution in [3.63, 3.8) is 0 Å². The Kier molecular flexibility index (Phi) is 6.32. The lowest BCUT2D eigenvalue weighted by atomic mass is 9.95. The van der Waals surface area contributed by atoms with Crippen molar-refractivity contribution in [2.75, 3.05) is 11.5 Å². The monoisotopic (exact) mass is 536 g/mol. The van der Waals surface area contributed by atoms with Crippen LogP contribution in [0.5, 0.6) is 0 Å². The van der Waals surface area contributed by atoms with Gasteiger partial charge in [-0.3, -0.25) is 19.9 Å². The zero-order valence-electron chi connectivity index (χ0n) is 19.9. The first kappa shape index (κ1) is 24.2. The van der Waals surface area contributed by atoms with Gasteiger partial charge in [0.1, 0.15) is 20.7 Å². The molecule has 0 spiro atoms. The Labute approximate surface area is 226 Å². The van der Waals surface area contributed by atoms with Crippen LogP contribution in [0.3, 0.4) is 0 Å². The predicted molar refractivity (Wildman–Crippen MR) is 152 cm³/mol. The van der Waals surface area contributed by atoms with Gasteiger partial charge in [0, 0.05) is 22.1 Å². The molecule has 3 aromatic carbocycles. The van der Waals surface area contributed by atoms with Crippen molar-refractivity contribution < 1.29 is 14.7 Å². The van der Waals surface area contributed by atoms with Crippen molar-refractivity contribution in [2.45, 2.75) is 5.25 Å². The summed E-state index contributed by atoms with van der Waals surface area (Å²) in [7, 11) is 0. The number of hydrogen-bond donors (Lipinski definition) is 2. The lowest BCUT2D eigenvalue weighted by molar-refractivity contribution is -0.117. The highest BCUT2D eigenvalue weighted by atomic mass is 32.2. The quantitative estimate of drug-likeness (QED) is 0.272. The number of aliphatic hydroxyl groups is 1. The molecule has 1 atom stereocenters. The van der Waals surface area contributed by atoms with E-state index in [-0.39, 0.29) is 11.0 Å². The molecule has 1 saturated heterocycles. The molecule has 1 unspecified atom stereocenters. The first-order chi connectivity index (χ1) is 18.6. The highest BCUT2D eigenvalue weighted by molar-refractivity contribution is 8.16. The van der Waals surface area contributed by atoms with Crippen molar-refractivity contribution in [2.24, 2.45) is 0 Å². The fourth-order valence-electron chi connectivity index (χ4n) is 4.55. The molecule has 9 heteroatoms. The molecule has 7 nitrogen and oxygen atoms in total. The largest absolute Gasteiger partial charge is 0.395 e. The molecule has 2 aromatic heterocycles. The molecule has 0 saturated carbocycles. The topological polar surface area (TPSA) is 107 Å². The number of anilines is 1. The average molecular weight is 537 g/mol. The zero-order chi connectivity index (χ0) is 26.2. The van der Waals surface area contributed by atoms with Crippen LogP contribution in [0.25, 0.3) is 32.6 Å². The molecule has 2 N–H and O–H groups in total. The van der Waals surface area contributed by atoms with E-state index in [1.54, 1.807) is 24.3 Å². The van der Waals surface area contributed by atoms with Gasteiger partial charge in [0.05, 0.1) is 12.3 Å². The summed E-state index contributed by atoms with van der Waals surface area (Å²) in [6.45, 7) is -0.410. The van der Waals surface area contributed by atoms with Gasteiger partial charge in [-0.1, -0.05) is 103 Å². The maximum Gasteiger partial charge on any atom is 0.249 e. The zero-order valence-corrected chi connectivity index (χ0v) is 21.5. The first-order valence-electron chi connectivity index (χ1n) is 11.8. The number of amidine groups is 1. The van der Waals surface area contributed by atoms with Gasteiger partial charge < -0.3 is 5.11 Å². The lowest BCUT2D eigenvalue weighted by Gasteiger charge is -2.19. The number of thiophene rings is 1. The Morgan fingerprint density at radius 3 is 2.11 bits per heavy atom. The smallest absolute Gasteiger partial charge is 0.249 e. The van der Waals surface area contributed by atoms with Gasteiger partial charge in [0.15, 0.2) is 5.17 Å². The van der Waals surface area contributed by atoms with Crippen molar-refractivity contribution in [1.82, 2.24) is 10.2 Å². The van der Waals surface area contributed by atoms with Gasteiger partial charge in [-0.15, -0.1) is 21.5 Å². The fraction of sp³-hybridized carbons (Fsp3) is 0.0690. The summed E-state index contributed by atoms with van der Waals surface area (Å²) in [5.74, 6) is -0.719. The lowest BCUT2D eigenvalue weighted by Crippen LogP contribution is -2.33. The number of nitrogens with zero attached hydrogens (tertiary/aromatic N) is 3. The Hall–Kier alpha value is -4.18. The minimum Gasteiger partial charge on any atom is -0.395 e. The number of aliphatic hydroxyl groups excluding tert-OH is 1. The van der Waals surface area contributed by atoms with Crippen molar-refractivity contribution in [3.8, 4) is 22.4 Å². The van der Waals surface area contributed by atoms with Crippen LogP contribution in [-0.2, 0) is 4.79 Å². The van der Waals surface area contributed by atoms with Crippen LogP contribution in [0.2, 0.25) is 0 Å². The Morgan fingerprint density at radius 1 is 0.895 bits per heavy atom. The number of carbonyl (C=O) groups excluding carboxylic acids is 2. The normalized spacial score (nSPS) is 15.4. The summed E-state index contributed by atoms with van der Waals surface area (Å²) in [5, 5.41) is 27.3. The van der Waals surface area contributed by atoms with Crippen molar-refractivity contribution in [3.05, 3.63) is 101 Å². The highest BCUT2D eigenvalue weighted by Crippen LogP contribution is 2.48. The van der Waals surface area contributed by atoms with E-state index in [0.29, 0.717) is 32.0 Å². The molecular formula is C29H20N4O3S2. The van der Waals surface area contributed by atoms with Crippen LogP contribution in [0, 0.1) is 5.41 Å². The van der Waals surface area contributed by atoms with E-state index in [1.807, 2.05) is 66.7 Å². The average Bonchev–Trinajstić information content (AvgIpc) is 3.49. The van der Waals surface area contributed by atoms with Crippen LogP contribution in [-0.4, -0.2) is 44.0 Å². The summed E-state index contributed by atoms with van der Waals surface area (Å²) in [6, 6.07) is 28.1. The Morgan fingerprint density at radius 2 is 1.50 bits per heavy atom. The summed E-state index contributed by atoms with van der Waals surface area (Å²) in [4.78, 5) is 29.4. The summed E-state index contributed by atoms with van der Waals surface area (Å²) < 4.78 is 0. The third kappa shape index (κ3) is 4.01. The van der Waals surface area contributed by atoms with Gasteiger partial charge in [-0.25, -0.2) is 0 Å². The number of thioether (sulfide) groups is 1. The number of amides is 1. The highest BCUT2D eigenvalue weighted by Gasteiger charge is 2.42. The molecule has 1 fully saturated rings. The van der Waals surface area contributed by atoms with Gasteiger partial charge in [-0.05, 0) is 5.56 Å². The molecule has 1 aliphatic rings. The minimum atomic E-state index is -0.819. The van der Waals surface area contributed by atoms with E-state index in [2.05, 4.69) is 10.2 Å². The number of rotatable bonds is 6. The number of benzene rings is 3. The molecule has 38 heavy (non-hydrogen) atoms. The third-order valence-electron chi connectivity index (χ3n) is 6.29. The van der Waals surface area contributed by atoms with Crippen molar-refractivity contribution >= 4 is 55.9 Å². The van der Waals surface area contributed by atoms with Crippen LogP contribution in [0.1, 0.15) is 15.2 Å². The number of carbonyl (C=O) groups is 2. The maximum absolute atomic E-state index is 13.9. The molecule has 3 heterocycles. The third-order valence-corrected chi connectivity index (χ3v) is 8.39. The molecule has 5 aromatic rings. The second kappa shape index (κ2) is 9.94. The summed E-state index contributed by atoms with van der Waals surface area (Å²) in [5.41, 5.74) is 3.77. The number of hydrogen-bond acceptors (Lipinski definition) is 8. The SMILES string of the molecule is N=C1SC(CO)C(=O)N1c1c(C(=O)c2ccccc2)sc2nnc(-c3ccccc3)c(-c3ccccc3)c12. The van der Waals surface area contributed by atoms with Gasteiger partial charge in [0.2, 0.25) is 11.7 Å². The number of aromatic nitrogens is 2. The molecule has 1 aliphatic heterocycles. The molecule has 186 valence electrons. The van der Waals surface area contributed by atoms with Gasteiger partial charge >= 0.3 is 0 Å². The van der Waals surface area contributed by atoms with E-state index in [4.69, 9.17) is 5.41 Å². The first-order valence-corrected chi connectivity index (χ1v) is 13.5. The number of nitrogens with one attached hydrogen (secondary N) is 1. The fourth-order valence-corrected chi connectivity index (χ4v) is 6.46. The molecule has 1 amide bonds. The summed E-state index contributed by atoms with van der Waals surface area (Å²) >= 11 is 2.13. The molecular weight excluding hydrogens is 516 g/mol. The van der Waals surface area contributed by atoms with Crippen LogP contribution >= 0.6 is 23.1 Å². The minimum absolute atomic E-state index is 0.0482. The number of fused-ring (bicyclic) bond motifs is 1. The molecule has 0 radical (unpaired) electrons. The standard InChI is InChI=1S/C29H20N4O3S2/c30-29-33(28(36)20(16-34)37-29)24-22-21(17-10-4-1-5-11-17)23(18-12-6-2-7-13-18)31-32-27(22)38-26(24)25(35)19-14-8-3-9-15-19/h1-15,20,30,34H,16H2. The van der Waals surface area contributed by atoms with E-state index in [1.165, 1.54) is 4.90 Å². The van der Waals surface area contributed by atoms with E-state index in [0.717, 1.165) is 39.8 Å². The van der Waals surface area contributed by atoms with E-state index in [9.17, 15) is 14.7 Å². The van der Waals surface area contributed by atoms with Crippen molar-refractivity contribution in [1.29, 1.82) is 5.41 Å². The van der Waals surface area contributed by atoms with Crippen LogP contribution in [0.15, 0.2) is 91.0 Å². The maximum atomic E-state index is 13.9. The van der Waals surface area contributed by atoms with Crippen LogP contribution in [0.4, 0.5) is 5.69 Å². The van der Waals surface area contributed by atoms with E-state index < -0.39 is 17.8 Å². The molecule has 0 bridgehead atoms. The molecule has 6 rings (SSSR count). The second-order valence-corrected chi connectivity index (χ2v) is 10.8. The van der Waals surface area contributed by atoms with E-state index >= 15 is 0 Å². The number of ketones is 1.